The van der Waals surface area contributed by atoms with Gasteiger partial charge in [0.15, 0.2) is 0 Å². The van der Waals surface area contributed by atoms with Gasteiger partial charge < -0.3 is 0 Å². The van der Waals surface area contributed by atoms with E-state index in [2.05, 4.69) is 32.1 Å². The molecule has 56 valence electrons. The lowest BCUT2D eigenvalue weighted by Crippen LogP contribution is -1.90. The van der Waals surface area contributed by atoms with Crippen LogP contribution in [-0.2, 0) is 0 Å². The summed E-state index contributed by atoms with van der Waals surface area (Å²) in [7, 11) is 0. The van der Waals surface area contributed by atoms with Gasteiger partial charge >= 0.3 is 0 Å². The second-order valence-electron chi connectivity index (χ2n) is 2.78. The molecule has 1 rings (SSSR count). The fraction of sp³-hybridized carbons (Fsp3) is 0.556. The van der Waals surface area contributed by atoms with Crippen LogP contribution in [-0.4, -0.2) is 11.0 Å². The van der Waals surface area contributed by atoms with Crippen molar-refractivity contribution < 1.29 is 0 Å². The molecule has 0 fully saturated rings. The first-order chi connectivity index (χ1) is 4.79. The van der Waals surface area contributed by atoms with E-state index < -0.39 is 0 Å². The average molecular weight is 154 g/mol. The molecule has 0 aliphatic heterocycles. The highest BCUT2D eigenvalue weighted by Crippen LogP contribution is 2.18. The second kappa shape index (κ2) is 3.87. The fourth-order valence-corrected chi connectivity index (χ4v) is 1.62. The van der Waals surface area contributed by atoms with Crippen molar-refractivity contribution in [2.45, 2.75) is 25.5 Å². The van der Waals surface area contributed by atoms with Crippen LogP contribution in [0.25, 0.3) is 0 Å². The smallest absolute Gasteiger partial charge is 0.0183 e. The third-order valence-corrected chi connectivity index (χ3v) is 2.60. The van der Waals surface area contributed by atoms with Crippen molar-refractivity contribution in [1.29, 1.82) is 0 Å². The van der Waals surface area contributed by atoms with E-state index in [1.165, 1.54) is 11.3 Å². The number of allylic oxidation sites excluding steroid dienone is 3. The summed E-state index contributed by atoms with van der Waals surface area (Å²) >= 11 is 2.01. The Labute approximate surface area is 67.4 Å². The maximum atomic E-state index is 2.30. The van der Waals surface area contributed by atoms with E-state index >= 15 is 0 Å². The van der Waals surface area contributed by atoms with Gasteiger partial charge in [0.1, 0.15) is 0 Å². The summed E-state index contributed by atoms with van der Waals surface area (Å²) in [5.74, 6) is 1.19. The van der Waals surface area contributed by atoms with E-state index in [0.29, 0.717) is 0 Å². The quantitative estimate of drug-likeness (QED) is 0.602. The first-order valence-corrected chi connectivity index (χ1v) is 4.81. The fourth-order valence-electron chi connectivity index (χ4n) is 0.877. The van der Waals surface area contributed by atoms with E-state index in [1.54, 1.807) is 0 Å². The normalized spacial score (nSPS) is 16.5. The van der Waals surface area contributed by atoms with E-state index in [4.69, 9.17) is 0 Å². The van der Waals surface area contributed by atoms with Crippen molar-refractivity contribution >= 4 is 11.8 Å². The second-order valence-corrected chi connectivity index (χ2v) is 4.34. The van der Waals surface area contributed by atoms with Crippen LogP contribution in [0.5, 0.6) is 0 Å². The topological polar surface area (TPSA) is 0 Å². The summed E-state index contributed by atoms with van der Waals surface area (Å²) in [5.41, 5.74) is 1.50. The number of thioether (sulfide) groups is 1. The Hall–Kier alpha value is -0.170. The molecular weight excluding hydrogens is 140 g/mol. The lowest BCUT2D eigenvalue weighted by Gasteiger charge is -2.02. The highest BCUT2D eigenvalue weighted by atomic mass is 32.2. The van der Waals surface area contributed by atoms with Crippen LogP contribution in [0.1, 0.15) is 20.3 Å². The van der Waals surface area contributed by atoms with Crippen molar-refractivity contribution in [2.24, 2.45) is 0 Å². The number of hydrogen-bond acceptors (Lipinski definition) is 1. The van der Waals surface area contributed by atoms with Gasteiger partial charge in [-0.2, -0.15) is 11.8 Å². The van der Waals surface area contributed by atoms with Gasteiger partial charge in [-0.15, -0.1) is 0 Å². The predicted octanol–water partition coefficient (Wildman–Crippen LogP) is 3.01. The Kier molecular flexibility index (Phi) is 3.07. The van der Waals surface area contributed by atoms with Crippen LogP contribution < -0.4 is 0 Å². The van der Waals surface area contributed by atoms with Crippen LogP contribution in [0.2, 0.25) is 0 Å². The maximum Gasteiger partial charge on any atom is 0.0183 e. The van der Waals surface area contributed by atoms with Gasteiger partial charge in [-0.3, -0.25) is 0 Å². The highest BCUT2D eigenvalue weighted by Gasteiger charge is 1.99. The summed E-state index contributed by atoms with van der Waals surface area (Å²) in [6.45, 7) is 4.48. The lowest BCUT2D eigenvalue weighted by atomic mass is 10.3. The van der Waals surface area contributed by atoms with Crippen molar-refractivity contribution in [2.75, 3.05) is 5.75 Å². The summed E-state index contributed by atoms with van der Waals surface area (Å²) in [6, 6.07) is 0. The zero-order chi connectivity index (χ0) is 7.40. The molecule has 0 spiro atoms. The van der Waals surface area contributed by atoms with E-state index in [-0.39, 0.29) is 0 Å². The minimum Gasteiger partial charge on any atom is -0.154 e. The van der Waals surface area contributed by atoms with Gasteiger partial charge in [0, 0.05) is 5.75 Å². The van der Waals surface area contributed by atoms with Gasteiger partial charge in [0.2, 0.25) is 0 Å². The van der Waals surface area contributed by atoms with Crippen molar-refractivity contribution in [3.63, 3.8) is 0 Å². The SMILES string of the molecule is CC(C)SCC1=CCC=C1. The molecule has 0 unspecified atom stereocenters. The third kappa shape index (κ3) is 2.61. The predicted molar refractivity (Wildman–Crippen MR) is 49.4 cm³/mol. The lowest BCUT2D eigenvalue weighted by molar-refractivity contribution is 1.11. The Morgan fingerprint density at radius 2 is 2.40 bits per heavy atom. The standard InChI is InChI=1S/C9H14S/c1-8(2)10-7-9-5-3-4-6-9/h3,5-6,8H,4,7H2,1-2H3. The molecule has 0 heterocycles. The summed E-state index contributed by atoms with van der Waals surface area (Å²) in [5, 5.41) is 0.759. The molecule has 0 saturated carbocycles. The minimum atomic E-state index is 0.759. The molecule has 1 aliphatic rings. The molecule has 1 heteroatoms. The maximum absolute atomic E-state index is 2.30. The van der Waals surface area contributed by atoms with Crippen LogP contribution in [0.15, 0.2) is 23.8 Å². The molecule has 0 radical (unpaired) electrons. The number of hydrogen-bond donors (Lipinski definition) is 0. The first-order valence-electron chi connectivity index (χ1n) is 3.76. The molecule has 0 atom stereocenters. The van der Waals surface area contributed by atoms with Gasteiger partial charge in [-0.05, 0) is 17.2 Å². The molecule has 0 saturated heterocycles. The average Bonchev–Trinajstić information content (AvgIpc) is 2.34. The Morgan fingerprint density at radius 3 is 2.90 bits per heavy atom. The zero-order valence-electron chi connectivity index (χ0n) is 6.63. The van der Waals surface area contributed by atoms with E-state index in [9.17, 15) is 0 Å². The molecule has 1 aliphatic carbocycles. The minimum absolute atomic E-state index is 0.759. The molecule has 0 N–H and O–H groups in total. The van der Waals surface area contributed by atoms with Crippen LogP contribution >= 0.6 is 11.8 Å². The molecule has 0 aromatic rings. The molecular formula is C9H14S. The summed E-state index contributed by atoms with van der Waals surface area (Å²) in [6.07, 6.45) is 7.90. The van der Waals surface area contributed by atoms with Gasteiger partial charge in [-0.25, -0.2) is 0 Å². The molecule has 0 bridgehead atoms. The van der Waals surface area contributed by atoms with Crippen LogP contribution in [0.4, 0.5) is 0 Å². The highest BCUT2D eigenvalue weighted by molar-refractivity contribution is 8.00. The molecule has 0 amide bonds. The third-order valence-electron chi connectivity index (χ3n) is 1.43. The Morgan fingerprint density at radius 1 is 1.60 bits per heavy atom. The van der Waals surface area contributed by atoms with Crippen molar-refractivity contribution in [3.05, 3.63) is 23.8 Å². The summed E-state index contributed by atoms with van der Waals surface area (Å²) in [4.78, 5) is 0. The monoisotopic (exact) mass is 154 g/mol. The van der Waals surface area contributed by atoms with Crippen molar-refractivity contribution in [3.8, 4) is 0 Å². The largest absolute Gasteiger partial charge is 0.154 e. The molecule has 0 aromatic heterocycles. The van der Waals surface area contributed by atoms with Gasteiger partial charge in [-0.1, -0.05) is 32.1 Å². The Bertz CT molecular complexity index is 154. The van der Waals surface area contributed by atoms with Gasteiger partial charge in [0.05, 0.1) is 0 Å². The van der Waals surface area contributed by atoms with Gasteiger partial charge in [0.25, 0.3) is 0 Å². The van der Waals surface area contributed by atoms with Crippen LogP contribution in [0.3, 0.4) is 0 Å². The van der Waals surface area contributed by atoms with Crippen molar-refractivity contribution in [1.82, 2.24) is 0 Å². The van der Waals surface area contributed by atoms with E-state index in [1.807, 2.05) is 11.8 Å². The summed E-state index contributed by atoms with van der Waals surface area (Å²) < 4.78 is 0. The molecule has 0 nitrogen and oxygen atoms in total. The Balaban J connectivity index is 2.19. The molecule has 10 heavy (non-hydrogen) atoms. The van der Waals surface area contributed by atoms with E-state index in [0.717, 1.165) is 11.7 Å². The van der Waals surface area contributed by atoms with Crippen LogP contribution in [0, 0.1) is 0 Å². The molecule has 0 aromatic carbocycles. The zero-order valence-corrected chi connectivity index (χ0v) is 7.45. The number of rotatable bonds is 3. The first kappa shape index (κ1) is 7.93.